The highest BCUT2D eigenvalue weighted by Gasteiger charge is 2.24. The van der Waals surface area contributed by atoms with Crippen molar-refractivity contribution in [3.63, 3.8) is 0 Å². The predicted octanol–water partition coefficient (Wildman–Crippen LogP) is 3.59. The summed E-state index contributed by atoms with van der Waals surface area (Å²) in [5.74, 6) is 2.60. The summed E-state index contributed by atoms with van der Waals surface area (Å²) in [5.41, 5.74) is 0.336. The Bertz CT molecular complexity index is 986. The molecule has 0 unspecified atom stereocenters. The molecule has 2 amide bonds. The van der Waals surface area contributed by atoms with Crippen molar-refractivity contribution < 1.29 is 23.2 Å². The average Bonchev–Trinajstić information content (AvgIpc) is 3.02. The Balaban J connectivity index is 2.07. The molecule has 0 radical (unpaired) electrons. The molecular weight excluding hydrogens is 387 g/mol. The molecule has 0 aliphatic carbocycles. The molecule has 0 saturated carbocycles. The van der Waals surface area contributed by atoms with E-state index in [-0.39, 0.29) is 40.3 Å². The number of amides is 2. The second kappa shape index (κ2) is 9.20. The van der Waals surface area contributed by atoms with Crippen LogP contribution in [-0.4, -0.2) is 24.1 Å². The fourth-order valence-electron chi connectivity index (χ4n) is 2.16. The Kier molecular flexibility index (Phi) is 6.96. The molecule has 0 bridgehead atoms. The second-order valence-corrected chi connectivity index (χ2v) is 6.56. The maximum atomic E-state index is 13.2. The molecule has 0 aliphatic heterocycles. The molecule has 1 aromatic heterocycles. The standard InChI is InChI=1S/C20H18ClFN2O4/c1-11(2)5-4-8-23-20(27)18(25)17-10-14(12(3)28-17)19(26)24-13-6-7-16(22)15(21)9-13/h6-7,9-11H,8H2,1-3H3,(H,23,27)(H,24,26). The largest absolute Gasteiger partial charge is 0.457 e. The third-order valence-corrected chi connectivity index (χ3v) is 3.79. The van der Waals surface area contributed by atoms with Gasteiger partial charge in [0.05, 0.1) is 17.1 Å². The van der Waals surface area contributed by atoms with Crippen molar-refractivity contribution in [3.8, 4) is 11.8 Å². The van der Waals surface area contributed by atoms with Crippen molar-refractivity contribution in [2.45, 2.75) is 20.8 Å². The molecule has 1 aromatic carbocycles. The monoisotopic (exact) mass is 404 g/mol. The van der Waals surface area contributed by atoms with E-state index in [0.29, 0.717) is 0 Å². The molecule has 6 nitrogen and oxygen atoms in total. The highest BCUT2D eigenvalue weighted by Crippen LogP contribution is 2.21. The molecule has 2 aromatic rings. The lowest BCUT2D eigenvalue weighted by molar-refractivity contribution is -0.116. The van der Waals surface area contributed by atoms with Crippen LogP contribution < -0.4 is 10.6 Å². The minimum atomic E-state index is -0.918. The highest BCUT2D eigenvalue weighted by atomic mass is 35.5. The summed E-state index contributed by atoms with van der Waals surface area (Å²) in [5, 5.41) is 4.75. The Morgan fingerprint density at radius 2 is 1.96 bits per heavy atom. The van der Waals surface area contributed by atoms with E-state index < -0.39 is 23.4 Å². The number of anilines is 1. The summed E-state index contributed by atoms with van der Waals surface area (Å²) >= 11 is 5.68. The molecule has 2 N–H and O–H groups in total. The molecule has 0 spiro atoms. The third-order valence-electron chi connectivity index (χ3n) is 3.50. The topological polar surface area (TPSA) is 88.4 Å². The number of aryl methyl sites for hydroxylation is 1. The quantitative estimate of drug-likeness (QED) is 0.453. The number of Topliss-reactive ketones (excluding diaryl/α,β-unsaturated/α-hetero) is 1. The number of halogens is 2. The number of carbonyl (C=O) groups excluding carboxylic acids is 3. The van der Waals surface area contributed by atoms with E-state index in [0.717, 1.165) is 6.07 Å². The molecule has 28 heavy (non-hydrogen) atoms. The zero-order chi connectivity index (χ0) is 20.8. The minimum absolute atomic E-state index is 0.0289. The maximum absolute atomic E-state index is 13.2. The lowest BCUT2D eigenvalue weighted by Gasteiger charge is -2.05. The van der Waals surface area contributed by atoms with Crippen LogP contribution in [0.3, 0.4) is 0 Å². The van der Waals surface area contributed by atoms with Gasteiger partial charge < -0.3 is 15.1 Å². The van der Waals surface area contributed by atoms with Gasteiger partial charge in [-0.25, -0.2) is 4.39 Å². The molecule has 8 heteroatoms. The van der Waals surface area contributed by atoms with Crippen molar-refractivity contribution in [2.75, 3.05) is 11.9 Å². The van der Waals surface area contributed by atoms with E-state index in [1.54, 1.807) is 0 Å². The minimum Gasteiger partial charge on any atom is -0.457 e. The molecule has 0 aliphatic rings. The Morgan fingerprint density at radius 1 is 1.25 bits per heavy atom. The van der Waals surface area contributed by atoms with E-state index in [1.165, 1.54) is 25.1 Å². The van der Waals surface area contributed by atoms with Crippen LogP contribution in [0.1, 0.15) is 40.5 Å². The second-order valence-electron chi connectivity index (χ2n) is 6.15. The Morgan fingerprint density at radius 3 is 2.61 bits per heavy atom. The number of rotatable bonds is 5. The van der Waals surface area contributed by atoms with Crippen LogP contribution in [0.15, 0.2) is 28.7 Å². The van der Waals surface area contributed by atoms with Crippen LogP contribution in [0.25, 0.3) is 0 Å². The number of benzene rings is 1. The van der Waals surface area contributed by atoms with Crippen molar-refractivity contribution in [3.05, 3.63) is 52.2 Å². The number of hydrogen-bond acceptors (Lipinski definition) is 4. The van der Waals surface area contributed by atoms with E-state index >= 15 is 0 Å². The van der Waals surface area contributed by atoms with Crippen molar-refractivity contribution in [1.82, 2.24) is 5.32 Å². The van der Waals surface area contributed by atoms with E-state index in [4.69, 9.17) is 16.0 Å². The highest BCUT2D eigenvalue weighted by molar-refractivity contribution is 6.42. The summed E-state index contributed by atoms with van der Waals surface area (Å²) in [6.07, 6.45) is 0. The van der Waals surface area contributed by atoms with Crippen LogP contribution in [-0.2, 0) is 4.79 Å². The molecule has 0 fully saturated rings. The van der Waals surface area contributed by atoms with Crippen molar-refractivity contribution in [1.29, 1.82) is 0 Å². The normalized spacial score (nSPS) is 10.2. The van der Waals surface area contributed by atoms with Crippen LogP contribution in [0, 0.1) is 30.5 Å². The lowest BCUT2D eigenvalue weighted by Crippen LogP contribution is -2.31. The summed E-state index contributed by atoms with van der Waals surface area (Å²) < 4.78 is 18.4. The van der Waals surface area contributed by atoms with Crippen LogP contribution in [0.4, 0.5) is 10.1 Å². The van der Waals surface area contributed by atoms with Gasteiger partial charge in [0.15, 0.2) is 5.76 Å². The van der Waals surface area contributed by atoms with E-state index in [2.05, 4.69) is 22.5 Å². The summed E-state index contributed by atoms with van der Waals surface area (Å²) in [6, 6.07) is 4.88. The summed E-state index contributed by atoms with van der Waals surface area (Å²) in [7, 11) is 0. The van der Waals surface area contributed by atoms with Gasteiger partial charge in [-0.1, -0.05) is 37.3 Å². The number of hydrogen-bond donors (Lipinski definition) is 2. The Labute approximate surface area is 166 Å². The van der Waals surface area contributed by atoms with Gasteiger partial charge in [-0.2, -0.15) is 0 Å². The zero-order valence-electron chi connectivity index (χ0n) is 15.5. The number of ketones is 1. The first-order valence-electron chi connectivity index (χ1n) is 8.36. The smallest absolute Gasteiger partial charge is 0.296 e. The van der Waals surface area contributed by atoms with Crippen LogP contribution in [0.2, 0.25) is 5.02 Å². The first-order valence-corrected chi connectivity index (χ1v) is 8.74. The van der Waals surface area contributed by atoms with Gasteiger partial charge in [-0.05, 0) is 25.1 Å². The Hall–Kier alpha value is -3.11. The predicted molar refractivity (Wildman–Crippen MR) is 103 cm³/mol. The average molecular weight is 405 g/mol. The fraction of sp³-hybridized carbons (Fsp3) is 0.250. The van der Waals surface area contributed by atoms with Gasteiger partial charge in [0.1, 0.15) is 11.6 Å². The van der Waals surface area contributed by atoms with Gasteiger partial charge in [-0.3, -0.25) is 14.4 Å². The van der Waals surface area contributed by atoms with Gasteiger partial charge in [0.25, 0.3) is 17.6 Å². The number of nitrogens with one attached hydrogen (secondary N) is 2. The van der Waals surface area contributed by atoms with Gasteiger partial charge in [0, 0.05) is 17.7 Å². The zero-order valence-corrected chi connectivity index (χ0v) is 16.2. The van der Waals surface area contributed by atoms with Gasteiger partial charge in [-0.15, -0.1) is 0 Å². The van der Waals surface area contributed by atoms with Gasteiger partial charge >= 0.3 is 0 Å². The lowest BCUT2D eigenvalue weighted by atomic mass is 10.2. The molecule has 146 valence electrons. The van der Waals surface area contributed by atoms with E-state index in [9.17, 15) is 18.8 Å². The van der Waals surface area contributed by atoms with E-state index in [1.807, 2.05) is 13.8 Å². The summed E-state index contributed by atoms with van der Waals surface area (Å²) in [4.78, 5) is 36.4. The van der Waals surface area contributed by atoms with Gasteiger partial charge in [0.2, 0.25) is 0 Å². The molecular formula is C20H18ClFN2O4. The van der Waals surface area contributed by atoms with Crippen LogP contribution in [0.5, 0.6) is 0 Å². The SMILES string of the molecule is Cc1oc(C(=O)C(=O)NCC#CC(C)C)cc1C(=O)Nc1ccc(F)c(Cl)c1. The molecule has 0 saturated heterocycles. The molecule has 2 rings (SSSR count). The number of furan rings is 1. The number of carbonyl (C=O) groups is 3. The van der Waals surface area contributed by atoms with Crippen molar-refractivity contribution >= 4 is 34.9 Å². The van der Waals surface area contributed by atoms with Crippen molar-refractivity contribution in [2.24, 2.45) is 5.92 Å². The third kappa shape index (κ3) is 5.44. The first kappa shape index (κ1) is 21.2. The summed E-state index contributed by atoms with van der Waals surface area (Å²) in [6.45, 7) is 5.31. The molecule has 0 atom stereocenters. The molecule has 1 heterocycles. The van der Waals surface area contributed by atoms with Crippen LogP contribution >= 0.6 is 11.6 Å². The maximum Gasteiger partial charge on any atom is 0.296 e. The fourth-order valence-corrected chi connectivity index (χ4v) is 2.34. The first-order chi connectivity index (χ1) is 13.2.